The molecule has 0 spiro atoms. The van der Waals surface area contributed by atoms with Crippen molar-refractivity contribution in [2.24, 2.45) is 11.7 Å². The van der Waals surface area contributed by atoms with Gasteiger partial charge in [0.05, 0.1) is 17.7 Å². The third-order valence-corrected chi connectivity index (χ3v) is 5.97. The number of halogens is 3. The number of amides is 1. The molecule has 2 aromatic carbocycles. The van der Waals surface area contributed by atoms with Crippen LogP contribution < -0.4 is 16.1 Å². The molecule has 3 N–H and O–H groups in total. The third-order valence-electron chi connectivity index (χ3n) is 5.97. The number of pyridine rings is 1. The van der Waals surface area contributed by atoms with Crippen molar-refractivity contribution in [1.29, 1.82) is 0 Å². The smallest absolute Gasteiger partial charge is 0.341 e. The summed E-state index contributed by atoms with van der Waals surface area (Å²) < 4.78 is 44.2. The van der Waals surface area contributed by atoms with E-state index in [1.165, 1.54) is 10.6 Å². The van der Waals surface area contributed by atoms with Gasteiger partial charge in [0.25, 0.3) is 0 Å². The van der Waals surface area contributed by atoms with Crippen LogP contribution in [0.4, 0.5) is 18.9 Å². The summed E-state index contributed by atoms with van der Waals surface area (Å²) in [4.78, 5) is 37.4. The minimum absolute atomic E-state index is 0.0653. The Morgan fingerprint density at radius 1 is 1.06 bits per heavy atom. The fraction of sp³-hybridized carbons (Fsp3) is 0.261. The Morgan fingerprint density at radius 3 is 2.39 bits per heavy atom. The number of carboxylic acids is 1. The molecule has 1 aromatic heterocycles. The van der Waals surface area contributed by atoms with Crippen LogP contribution in [0.1, 0.15) is 28.8 Å². The number of carbonyl (C=O) groups excluding carboxylic acids is 1. The van der Waals surface area contributed by atoms with E-state index in [9.17, 15) is 28.3 Å². The predicted octanol–water partition coefficient (Wildman–Crippen LogP) is 2.87. The summed E-state index contributed by atoms with van der Waals surface area (Å²) in [6.07, 6.45) is 1.91. The Bertz CT molecular complexity index is 1330. The van der Waals surface area contributed by atoms with Gasteiger partial charge in [0.1, 0.15) is 23.0 Å². The van der Waals surface area contributed by atoms with E-state index < -0.39 is 40.3 Å². The normalized spacial score (nSPS) is 14.6. The number of primary amides is 1. The van der Waals surface area contributed by atoms with Crippen LogP contribution in [0.25, 0.3) is 10.9 Å². The number of aromatic carboxylic acids is 1. The molecule has 7 nitrogen and oxygen atoms in total. The van der Waals surface area contributed by atoms with E-state index in [1.54, 1.807) is 4.90 Å². The van der Waals surface area contributed by atoms with Crippen molar-refractivity contribution in [3.63, 3.8) is 0 Å². The van der Waals surface area contributed by atoms with Gasteiger partial charge in [-0.25, -0.2) is 18.0 Å². The van der Waals surface area contributed by atoms with Gasteiger partial charge in [-0.1, -0.05) is 0 Å². The van der Waals surface area contributed by atoms with Crippen molar-refractivity contribution < 1.29 is 27.9 Å². The minimum atomic E-state index is -1.52. The Morgan fingerprint density at radius 2 is 1.76 bits per heavy atom. The number of hydrogen-bond acceptors (Lipinski definition) is 4. The second kappa shape index (κ2) is 8.61. The number of nitrogens with zero attached hydrogens (tertiary/aromatic N) is 2. The van der Waals surface area contributed by atoms with E-state index in [0.717, 1.165) is 30.5 Å². The average Bonchev–Trinajstić information content (AvgIpc) is 2.77. The van der Waals surface area contributed by atoms with Gasteiger partial charge in [-0.3, -0.25) is 9.59 Å². The van der Waals surface area contributed by atoms with E-state index in [2.05, 4.69) is 0 Å². The molecular formula is C23H20F3N3O4. The molecule has 1 amide bonds. The zero-order chi connectivity index (χ0) is 23.9. The zero-order valence-electron chi connectivity index (χ0n) is 17.4. The monoisotopic (exact) mass is 459 g/mol. The van der Waals surface area contributed by atoms with Crippen LogP contribution in [0.3, 0.4) is 0 Å². The molecule has 10 heteroatoms. The van der Waals surface area contributed by atoms with Crippen molar-refractivity contribution in [3.8, 4) is 0 Å². The quantitative estimate of drug-likeness (QED) is 0.611. The standard InChI is InChI=1S/C23H20F3N3O4/c24-14-1-2-17(25)13(7-14)10-29-11-16(23(32)33)21(30)15-8-18(26)20(9-19(15)29)28-5-3-12(4-6-28)22(27)31/h1-2,7-9,11-12H,3-6,10H2,(H2,27,31)(H,32,33). The average molecular weight is 459 g/mol. The van der Waals surface area contributed by atoms with Crippen LogP contribution in [0.5, 0.6) is 0 Å². The van der Waals surface area contributed by atoms with Gasteiger partial charge in [0.2, 0.25) is 11.3 Å². The Balaban J connectivity index is 1.85. The highest BCUT2D eigenvalue weighted by atomic mass is 19.1. The Kier molecular flexibility index (Phi) is 5.84. The number of fused-ring (bicyclic) bond motifs is 1. The lowest BCUT2D eigenvalue weighted by Crippen LogP contribution is -2.39. The molecule has 0 aliphatic carbocycles. The molecule has 0 atom stereocenters. The van der Waals surface area contributed by atoms with Gasteiger partial charge in [-0.2, -0.15) is 0 Å². The predicted molar refractivity (Wildman–Crippen MR) is 115 cm³/mol. The highest BCUT2D eigenvalue weighted by molar-refractivity contribution is 5.93. The number of carboxylic acid groups (broad SMARTS) is 1. The molecule has 0 saturated carbocycles. The first-order valence-electron chi connectivity index (χ1n) is 10.2. The SMILES string of the molecule is NC(=O)C1CCN(c2cc3c(cc2F)c(=O)c(C(=O)O)cn3Cc2cc(F)ccc2F)CC1. The molecule has 2 heterocycles. The maximum Gasteiger partial charge on any atom is 0.341 e. The number of rotatable bonds is 5. The van der Waals surface area contributed by atoms with Crippen LogP contribution in [-0.4, -0.2) is 34.6 Å². The lowest BCUT2D eigenvalue weighted by molar-refractivity contribution is -0.122. The van der Waals surface area contributed by atoms with Gasteiger partial charge in [0, 0.05) is 36.2 Å². The molecule has 1 saturated heterocycles. The van der Waals surface area contributed by atoms with Crippen molar-refractivity contribution in [2.45, 2.75) is 19.4 Å². The van der Waals surface area contributed by atoms with E-state index in [0.29, 0.717) is 25.9 Å². The molecule has 0 bridgehead atoms. The number of benzene rings is 2. The van der Waals surface area contributed by atoms with Crippen LogP contribution in [0, 0.1) is 23.4 Å². The molecular weight excluding hydrogens is 439 g/mol. The maximum absolute atomic E-state index is 15.0. The summed E-state index contributed by atoms with van der Waals surface area (Å²) in [5.74, 6) is -4.37. The highest BCUT2D eigenvalue weighted by Crippen LogP contribution is 2.29. The van der Waals surface area contributed by atoms with Gasteiger partial charge in [-0.15, -0.1) is 0 Å². The fourth-order valence-corrected chi connectivity index (χ4v) is 4.18. The van der Waals surface area contributed by atoms with E-state index in [4.69, 9.17) is 5.73 Å². The first kappa shape index (κ1) is 22.4. The summed E-state index contributed by atoms with van der Waals surface area (Å²) in [7, 11) is 0. The summed E-state index contributed by atoms with van der Waals surface area (Å²) in [5.41, 5.74) is 4.11. The summed E-state index contributed by atoms with van der Waals surface area (Å²) in [5, 5.41) is 9.23. The summed E-state index contributed by atoms with van der Waals surface area (Å²) in [6.45, 7) is 0.424. The number of piperidine rings is 1. The van der Waals surface area contributed by atoms with Crippen LogP contribution in [0.15, 0.2) is 41.3 Å². The zero-order valence-corrected chi connectivity index (χ0v) is 17.4. The molecule has 1 aliphatic heterocycles. The fourth-order valence-electron chi connectivity index (χ4n) is 4.18. The topological polar surface area (TPSA) is 106 Å². The molecule has 4 rings (SSSR count). The maximum atomic E-state index is 15.0. The van der Waals surface area contributed by atoms with Gasteiger partial charge in [-0.05, 0) is 43.2 Å². The second-order valence-corrected chi connectivity index (χ2v) is 8.03. The number of hydrogen-bond donors (Lipinski definition) is 2. The van der Waals surface area contributed by atoms with Crippen LogP contribution in [0.2, 0.25) is 0 Å². The molecule has 1 fully saturated rings. The first-order valence-corrected chi connectivity index (χ1v) is 10.2. The first-order chi connectivity index (χ1) is 15.7. The summed E-state index contributed by atoms with van der Waals surface area (Å²) in [6, 6.07) is 5.21. The van der Waals surface area contributed by atoms with Gasteiger partial charge in [0.15, 0.2) is 0 Å². The third kappa shape index (κ3) is 4.28. The molecule has 1 aliphatic rings. The number of anilines is 1. The number of nitrogens with two attached hydrogens (primary N) is 1. The van der Waals surface area contributed by atoms with Crippen molar-refractivity contribution in [3.05, 3.63) is 75.3 Å². The van der Waals surface area contributed by atoms with E-state index in [1.807, 2.05) is 0 Å². The largest absolute Gasteiger partial charge is 0.477 e. The van der Waals surface area contributed by atoms with Gasteiger partial charge >= 0.3 is 5.97 Å². The second-order valence-electron chi connectivity index (χ2n) is 8.03. The van der Waals surface area contributed by atoms with E-state index >= 15 is 4.39 Å². The lowest BCUT2D eigenvalue weighted by Gasteiger charge is -2.32. The van der Waals surface area contributed by atoms with Crippen molar-refractivity contribution >= 4 is 28.5 Å². The highest BCUT2D eigenvalue weighted by Gasteiger charge is 2.26. The Hall–Kier alpha value is -3.82. The molecule has 33 heavy (non-hydrogen) atoms. The molecule has 3 aromatic rings. The van der Waals surface area contributed by atoms with Crippen molar-refractivity contribution in [1.82, 2.24) is 4.57 Å². The van der Waals surface area contributed by atoms with Crippen LogP contribution >= 0.6 is 0 Å². The van der Waals surface area contributed by atoms with Crippen LogP contribution in [-0.2, 0) is 11.3 Å². The summed E-state index contributed by atoms with van der Waals surface area (Å²) >= 11 is 0. The molecule has 0 unspecified atom stereocenters. The molecule has 0 radical (unpaired) electrons. The number of carbonyl (C=O) groups is 2. The number of aromatic nitrogens is 1. The lowest BCUT2D eigenvalue weighted by atomic mass is 9.95. The molecule has 172 valence electrons. The Labute approximate surface area is 185 Å². The van der Waals surface area contributed by atoms with E-state index in [-0.39, 0.29) is 34.6 Å². The minimum Gasteiger partial charge on any atom is -0.477 e. The van der Waals surface area contributed by atoms with Crippen molar-refractivity contribution in [2.75, 3.05) is 18.0 Å². The van der Waals surface area contributed by atoms with Gasteiger partial charge < -0.3 is 20.3 Å².